The Bertz CT molecular complexity index is 1420. The summed E-state index contributed by atoms with van der Waals surface area (Å²) in [5.74, 6) is -1.84. The molecule has 1 fully saturated rings. The molecule has 0 atom stereocenters. The van der Waals surface area contributed by atoms with Crippen LogP contribution in [-0.2, 0) is 14.4 Å². The molecule has 0 bridgehead atoms. The van der Waals surface area contributed by atoms with Gasteiger partial charge in [-0.05, 0) is 55.0 Å². The summed E-state index contributed by atoms with van der Waals surface area (Å²) in [6.45, 7) is 1.61. The van der Waals surface area contributed by atoms with E-state index in [9.17, 15) is 19.2 Å². The van der Waals surface area contributed by atoms with Crippen molar-refractivity contribution < 1.29 is 23.9 Å². The molecule has 36 heavy (non-hydrogen) atoms. The highest BCUT2D eigenvalue weighted by molar-refractivity contribution is 6.43. The maximum absolute atomic E-state index is 13.2. The van der Waals surface area contributed by atoms with Crippen molar-refractivity contribution in [1.82, 2.24) is 5.32 Å². The molecule has 1 aliphatic rings. The smallest absolute Gasteiger partial charge is 0.335 e. The van der Waals surface area contributed by atoms with Gasteiger partial charge in [0.1, 0.15) is 11.3 Å². The number of halogens is 2. The van der Waals surface area contributed by atoms with Crippen LogP contribution in [0, 0.1) is 6.92 Å². The Balaban J connectivity index is 1.56. The predicted octanol–water partition coefficient (Wildman–Crippen LogP) is 4.99. The fraction of sp³-hybridized carbons (Fsp3) is 0.0769. The van der Waals surface area contributed by atoms with E-state index < -0.39 is 17.8 Å². The van der Waals surface area contributed by atoms with Crippen LogP contribution in [0.5, 0.6) is 5.75 Å². The topological polar surface area (TPSA) is 105 Å². The summed E-state index contributed by atoms with van der Waals surface area (Å²) < 4.78 is 5.66. The van der Waals surface area contributed by atoms with Crippen molar-refractivity contribution in [1.29, 1.82) is 0 Å². The number of carbonyl (C=O) groups excluding carboxylic acids is 4. The number of hydrogen-bond acceptors (Lipinski definition) is 5. The lowest BCUT2D eigenvalue weighted by atomic mass is 10.1. The van der Waals surface area contributed by atoms with Crippen LogP contribution in [0.15, 0.2) is 72.3 Å². The van der Waals surface area contributed by atoms with Gasteiger partial charge < -0.3 is 10.1 Å². The summed E-state index contributed by atoms with van der Waals surface area (Å²) in [4.78, 5) is 51.2. The van der Waals surface area contributed by atoms with Crippen molar-refractivity contribution >= 4 is 64.4 Å². The first-order valence-corrected chi connectivity index (χ1v) is 11.4. The molecular formula is C26H19Cl2N3O5. The first-order chi connectivity index (χ1) is 17.2. The summed E-state index contributed by atoms with van der Waals surface area (Å²) in [6, 6.07) is 17.2. The number of barbiturate groups is 1. The largest absolute Gasteiger partial charge is 0.483 e. The van der Waals surface area contributed by atoms with Crippen LogP contribution in [0.2, 0.25) is 10.0 Å². The summed E-state index contributed by atoms with van der Waals surface area (Å²) in [6.07, 6.45) is 1.29. The van der Waals surface area contributed by atoms with Gasteiger partial charge in [-0.1, -0.05) is 53.5 Å². The second-order valence-corrected chi connectivity index (χ2v) is 8.61. The predicted molar refractivity (Wildman–Crippen MR) is 137 cm³/mol. The van der Waals surface area contributed by atoms with Gasteiger partial charge in [-0.25, -0.2) is 9.69 Å². The Morgan fingerprint density at radius 2 is 1.78 bits per heavy atom. The average Bonchev–Trinajstić information content (AvgIpc) is 2.83. The third kappa shape index (κ3) is 5.56. The van der Waals surface area contributed by atoms with Crippen LogP contribution in [-0.4, -0.2) is 30.4 Å². The molecule has 4 rings (SSSR count). The van der Waals surface area contributed by atoms with Crippen molar-refractivity contribution in [2.75, 3.05) is 16.8 Å². The molecule has 8 nitrogen and oxygen atoms in total. The molecule has 0 spiro atoms. The number of hydrogen-bond donors (Lipinski definition) is 2. The van der Waals surface area contributed by atoms with Crippen molar-refractivity contribution in [3.63, 3.8) is 0 Å². The number of ether oxygens (including phenoxy) is 1. The van der Waals surface area contributed by atoms with E-state index in [1.54, 1.807) is 30.3 Å². The molecule has 0 unspecified atom stereocenters. The monoisotopic (exact) mass is 523 g/mol. The van der Waals surface area contributed by atoms with Crippen molar-refractivity contribution in [2.45, 2.75) is 6.92 Å². The summed E-state index contributed by atoms with van der Waals surface area (Å²) >= 11 is 12.0. The van der Waals surface area contributed by atoms with Crippen LogP contribution in [0.25, 0.3) is 6.08 Å². The normalized spacial score (nSPS) is 14.6. The van der Waals surface area contributed by atoms with Gasteiger partial charge in [0, 0.05) is 11.3 Å². The summed E-state index contributed by atoms with van der Waals surface area (Å²) in [5, 5.41) is 5.27. The van der Waals surface area contributed by atoms with Crippen LogP contribution < -0.4 is 20.3 Å². The summed E-state index contributed by atoms with van der Waals surface area (Å²) in [7, 11) is 0. The van der Waals surface area contributed by atoms with E-state index in [4.69, 9.17) is 27.9 Å². The standard InChI is InChI=1S/C26H19Cl2N3O5/c1-15-5-4-7-17(11-15)29-23(32)14-36-22-8-3-2-6-16(22)12-19-24(33)30-26(35)31(25(19)34)18-9-10-20(27)21(28)13-18/h2-13H,14H2,1H3,(H,29,32)(H,30,33,35)/b19-12+. The van der Waals surface area contributed by atoms with Gasteiger partial charge in [0.05, 0.1) is 15.7 Å². The molecule has 10 heteroatoms. The zero-order valence-electron chi connectivity index (χ0n) is 18.9. The minimum absolute atomic E-state index is 0.139. The molecular weight excluding hydrogens is 505 g/mol. The third-order valence-corrected chi connectivity index (χ3v) is 5.88. The lowest BCUT2D eigenvalue weighted by Crippen LogP contribution is -2.54. The number of rotatable bonds is 6. The molecule has 0 aliphatic carbocycles. The molecule has 3 aromatic rings. The first kappa shape index (κ1) is 25.0. The van der Waals surface area contributed by atoms with E-state index in [1.165, 1.54) is 24.3 Å². The zero-order valence-corrected chi connectivity index (χ0v) is 20.4. The number of nitrogens with one attached hydrogen (secondary N) is 2. The molecule has 3 aromatic carbocycles. The maximum atomic E-state index is 13.2. The number of amides is 5. The van der Waals surface area contributed by atoms with Crippen molar-refractivity contribution in [3.05, 3.63) is 93.5 Å². The van der Waals surface area contributed by atoms with Gasteiger partial charge in [0.15, 0.2) is 6.61 Å². The lowest BCUT2D eigenvalue weighted by molar-refractivity contribution is -0.122. The van der Waals surface area contributed by atoms with Crippen molar-refractivity contribution in [2.24, 2.45) is 0 Å². The molecule has 1 saturated heterocycles. The number of anilines is 2. The van der Waals surface area contributed by atoms with Gasteiger partial charge in [-0.15, -0.1) is 0 Å². The molecule has 0 saturated carbocycles. The van der Waals surface area contributed by atoms with Crippen LogP contribution >= 0.6 is 23.2 Å². The lowest BCUT2D eigenvalue weighted by Gasteiger charge is -2.26. The second kappa shape index (κ2) is 10.6. The summed E-state index contributed by atoms with van der Waals surface area (Å²) in [5.41, 5.74) is 1.83. The molecule has 2 N–H and O–H groups in total. The molecule has 5 amide bonds. The quantitative estimate of drug-likeness (QED) is 0.350. The SMILES string of the molecule is Cc1cccc(NC(=O)COc2ccccc2/C=C2\C(=O)NC(=O)N(c3ccc(Cl)c(Cl)c3)C2=O)c1. The minimum atomic E-state index is -0.919. The Kier molecular flexibility index (Phi) is 7.38. The highest BCUT2D eigenvalue weighted by Gasteiger charge is 2.37. The number of nitrogens with zero attached hydrogens (tertiary/aromatic N) is 1. The Labute approximate surface area is 216 Å². The molecule has 1 aliphatic heterocycles. The number of benzene rings is 3. The maximum Gasteiger partial charge on any atom is 0.335 e. The number of para-hydroxylation sites is 1. The molecule has 182 valence electrons. The highest BCUT2D eigenvalue weighted by atomic mass is 35.5. The molecule has 0 aromatic heterocycles. The van der Waals surface area contributed by atoms with E-state index in [0.717, 1.165) is 10.5 Å². The van der Waals surface area contributed by atoms with Gasteiger partial charge >= 0.3 is 6.03 Å². The van der Waals surface area contributed by atoms with E-state index in [-0.39, 0.29) is 39.6 Å². The Morgan fingerprint density at radius 1 is 1.00 bits per heavy atom. The molecule has 0 radical (unpaired) electrons. The van der Waals surface area contributed by atoms with E-state index >= 15 is 0 Å². The minimum Gasteiger partial charge on any atom is -0.483 e. The third-order valence-electron chi connectivity index (χ3n) is 5.14. The van der Waals surface area contributed by atoms with Crippen molar-refractivity contribution in [3.8, 4) is 5.75 Å². The van der Waals surface area contributed by atoms with Gasteiger partial charge in [0.2, 0.25) is 0 Å². The fourth-order valence-corrected chi connectivity index (χ4v) is 3.76. The van der Waals surface area contributed by atoms with E-state index in [0.29, 0.717) is 11.3 Å². The number of urea groups is 1. The van der Waals surface area contributed by atoms with Gasteiger partial charge in [-0.3, -0.25) is 19.7 Å². The number of imide groups is 2. The second-order valence-electron chi connectivity index (χ2n) is 7.80. The first-order valence-electron chi connectivity index (χ1n) is 10.7. The van der Waals surface area contributed by atoms with Gasteiger partial charge in [0.25, 0.3) is 17.7 Å². The zero-order chi connectivity index (χ0) is 25.8. The van der Waals surface area contributed by atoms with Crippen LogP contribution in [0.3, 0.4) is 0 Å². The Morgan fingerprint density at radius 3 is 2.53 bits per heavy atom. The van der Waals surface area contributed by atoms with E-state index in [2.05, 4.69) is 10.6 Å². The number of carbonyl (C=O) groups is 4. The van der Waals surface area contributed by atoms with Crippen LogP contribution in [0.4, 0.5) is 16.2 Å². The average molecular weight is 524 g/mol. The van der Waals surface area contributed by atoms with Crippen LogP contribution in [0.1, 0.15) is 11.1 Å². The highest BCUT2D eigenvalue weighted by Crippen LogP contribution is 2.30. The van der Waals surface area contributed by atoms with Gasteiger partial charge in [-0.2, -0.15) is 0 Å². The fourth-order valence-electron chi connectivity index (χ4n) is 3.47. The van der Waals surface area contributed by atoms with E-state index in [1.807, 2.05) is 25.1 Å². The molecule has 1 heterocycles. The number of aryl methyl sites for hydroxylation is 1. The Hall–Kier alpha value is -4.14.